The Hall–Kier alpha value is -2.54. The van der Waals surface area contributed by atoms with E-state index >= 15 is 0 Å². The van der Waals surface area contributed by atoms with Gasteiger partial charge in [0.1, 0.15) is 5.75 Å². The van der Waals surface area contributed by atoms with Gasteiger partial charge >= 0.3 is 0 Å². The number of aromatic nitrogens is 2. The summed E-state index contributed by atoms with van der Waals surface area (Å²) in [5.74, 6) is -0.0706. The average Bonchev–Trinajstić information content (AvgIpc) is 3.02. The SMILES string of the molecule is CCn1cc(NC(=O)c2cc(Cl)ccc2OC)c(C(=O)NCC(C)C)n1. The van der Waals surface area contributed by atoms with Crippen LogP contribution in [-0.4, -0.2) is 35.2 Å². The van der Waals surface area contributed by atoms with Crippen LogP contribution >= 0.6 is 11.6 Å². The van der Waals surface area contributed by atoms with Crippen molar-refractivity contribution in [2.75, 3.05) is 19.0 Å². The molecular weight excluding hydrogens is 356 g/mol. The van der Waals surface area contributed by atoms with E-state index in [0.29, 0.717) is 35.5 Å². The molecule has 0 atom stereocenters. The summed E-state index contributed by atoms with van der Waals surface area (Å²) in [5, 5.41) is 10.2. The molecule has 0 saturated carbocycles. The molecule has 2 rings (SSSR count). The molecule has 2 aromatic rings. The summed E-state index contributed by atoms with van der Waals surface area (Å²) in [6.45, 7) is 6.99. The number of hydrogen-bond acceptors (Lipinski definition) is 4. The van der Waals surface area contributed by atoms with E-state index in [0.717, 1.165) is 0 Å². The predicted octanol–water partition coefficient (Wildman–Crippen LogP) is 3.20. The number of aryl methyl sites for hydroxylation is 1. The van der Waals surface area contributed by atoms with Crippen molar-refractivity contribution in [3.05, 3.63) is 40.7 Å². The molecule has 0 fully saturated rings. The van der Waals surface area contributed by atoms with Crippen LogP contribution in [0.4, 0.5) is 5.69 Å². The Morgan fingerprint density at radius 3 is 2.65 bits per heavy atom. The summed E-state index contributed by atoms with van der Waals surface area (Å²) in [7, 11) is 1.47. The Morgan fingerprint density at radius 1 is 1.31 bits per heavy atom. The summed E-state index contributed by atoms with van der Waals surface area (Å²) in [4.78, 5) is 25.1. The van der Waals surface area contributed by atoms with Gasteiger partial charge in [-0.25, -0.2) is 0 Å². The first-order chi connectivity index (χ1) is 12.3. The van der Waals surface area contributed by atoms with E-state index in [4.69, 9.17) is 16.3 Å². The van der Waals surface area contributed by atoms with Crippen molar-refractivity contribution in [3.8, 4) is 5.75 Å². The summed E-state index contributed by atoms with van der Waals surface area (Å²) in [6.07, 6.45) is 1.62. The van der Waals surface area contributed by atoms with Crippen molar-refractivity contribution in [2.24, 2.45) is 5.92 Å². The third-order valence-electron chi connectivity index (χ3n) is 3.63. The highest BCUT2D eigenvalue weighted by Crippen LogP contribution is 2.24. The quantitative estimate of drug-likeness (QED) is 0.774. The Bertz CT molecular complexity index is 802. The Morgan fingerprint density at radius 2 is 2.04 bits per heavy atom. The zero-order valence-electron chi connectivity index (χ0n) is 15.3. The first-order valence-corrected chi connectivity index (χ1v) is 8.74. The number of halogens is 1. The fourth-order valence-corrected chi connectivity index (χ4v) is 2.44. The van der Waals surface area contributed by atoms with E-state index in [9.17, 15) is 9.59 Å². The fraction of sp³-hybridized carbons (Fsp3) is 0.389. The molecule has 0 aliphatic heterocycles. The van der Waals surface area contributed by atoms with E-state index in [2.05, 4.69) is 15.7 Å². The Labute approximate surface area is 157 Å². The smallest absolute Gasteiger partial charge is 0.273 e. The van der Waals surface area contributed by atoms with Gasteiger partial charge in [-0.15, -0.1) is 0 Å². The van der Waals surface area contributed by atoms with Crippen LogP contribution in [0.15, 0.2) is 24.4 Å². The zero-order chi connectivity index (χ0) is 19.3. The maximum absolute atomic E-state index is 12.7. The second-order valence-corrected chi connectivity index (χ2v) is 6.59. The Kier molecular flexibility index (Phi) is 6.63. The largest absolute Gasteiger partial charge is 0.496 e. The number of ether oxygens (including phenoxy) is 1. The molecule has 8 heteroatoms. The third-order valence-corrected chi connectivity index (χ3v) is 3.86. The van der Waals surface area contributed by atoms with Crippen molar-refractivity contribution in [1.29, 1.82) is 0 Å². The molecule has 140 valence electrons. The van der Waals surface area contributed by atoms with E-state index in [-0.39, 0.29) is 17.2 Å². The zero-order valence-corrected chi connectivity index (χ0v) is 16.1. The summed E-state index contributed by atoms with van der Waals surface area (Å²) in [5.41, 5.74) is 0.778. The van der Waals surface area contributed by atoms with Gasteiger partial charge in [-0.05, 0) is 31.0 Å². The van der Waals surface area contributed by atoms with Crippen molar-refractivity contribution < 1.29 is 14.3 Å². The van der Waals surface area contributed by atoms with Gasteiger partial charge < -0.3 is 15.4 Å². The van der Waals surface area contributed by atoms with Gasteiger partial charge in [-0.1, -0.05) is 25.4 Å². The summed E-state index contributed by atoms with van der Waals surface area (Å²) in [6, 6.07) is 4.76. The molecule has 2 N–H and O–H groups in total. The van der Waals surface area contributed by atoms with Gasteiger partial charge in [0, 0.05) is 24.3 Å². The van der Waals surface area contributed by atoms with Gasteiger partial charge in [0.2, 0.25) is 0 Å². The van der Waals surface area contributed by atoms with Crippen molar-refractivity contribution in [1.82, 2.24) is 15.1 Å². The first-order valence-electron chi connectivity index (χ1n) is 8.36. The number of hydrogen-bond donors (Lipinski definition) is 2. The molecule has 0 saturated heterocycles. The lowest BCUT2D eigenvalue weighted by molar-refractivity contribution is 0.0944. The predicted molar refractivity (Wildman–Crippen MR) is 101 cm³/mol. The molecule has 1 aromatic heterocycles. The first kappa shape index (κ1) is 19.8. The number of carbonyl (C=O) groups excluding carboxylic acids is 2. The second-order valence-electron chi connectivity index (χ2n) is 6.15. The van der Waals surface area contributed by atoms with Crippen LogP contribution < -0.4 is 15.4 Å². The summed E-state index contributed by atoms with van der Waals surface area (Å²) < 4.78 is 6.80. The van der Waals surface area contributed by atoms with E-state index in [1.807, 2.05) is 20.8 Å². The minimum Gasteiger partial charge on any atom is -0.496 e. The number of methoxy groups -OCH3 is 1. The van der Waals surface area contributed by atoms with Gasteiger partial charge in [-0.3, -0.25) is 14.3 Å². The maximum atomic E-state index is 12.7. The Balaban J connectivity index is 2.28. The van der Waals surface area contributed by atoms with E-state index < -0.39 is 5.91 Å². The number of rotatable bonds is 7. The van der Waals surface area contributed by atoms with E-state index in [1.54, 1.807) is 23.0 Å². The lowest BCUT2D eigenvalue weighted by Gasteiger charge is -2.10. The molecule has 2 amide bonds. The minimum absolute atomic E-state index is 0.168. The lowest BCUT2D eigenvalue weighted by Crippen LogP contribution is -2.28. The summed E-state index contributed by atoms with van der Waals surface area (Å²) >= 11 is 5.98. The van der Waals surface area contributed by atoms with Gasteiger partial charge in [0.15, 0.2) is 5.69 Å². The molecule has 0 aliphatic carbocycles. The molecule has 1 heterocycles. The number of amides is 2. The molecule has 0 radical (unpaired) electrons. The van der Waals surface area contributed by atoms with Crippen LogP contribution in [0.3, 0.4) is 0 Å². The number of anilines is 1. The molecular formula is C18H23ClN4O3. The monoisotopic (exact) mass is 378 g/mol. The number of nitrogens with one attached hydrogen (secondary N) is 2. The van der Waals surface area contributed by atoms with Gasteiger partial charge in [0.25, 0.3) is 11.8 Å². The molecule has 0 spiro atoms. The molecule has 7 nitrogen and oxygen atoms in total. The molecule has 0 unspecified atom stereocenters. The molecule has 0 aliphatic rings. The van der Waals surface area contributed by atoms with Crippen molar-refractivity contribution in [2.45, 2.75) is 27.3 Å². The van der Waals surface area contributed by atoms with Crippen LogP contribution in [-0.2, 0) is 6.54 Å². The van der Waals surface area contributed by atoms with Crippen LogP contribution in [0.25, 0.3) is 0 Å². The number of benzene rings is 1. The molecule has 0 bridgehead atoms. The van der Waals surface area contributed by atoms with Crippen LogP contribution in [0.5, 0.6) is 5.75 Å². The highest BCUT2D eigenvalue weighted by atomic mass is 35.5. The fourth-order valence-electron chi connectivity index (χ4n) is 2.27. The molecule has 1 aromatic carbocycles. The standard InChI is InChI=1S/C18H23ClN4O3/c1-5-23-10-14(16(22-23)18(25)20-9-11(2)3)21-17(24)13-8-12(19)6-7-15(13)26-4/h6-8,10-11H,5,9H2,1-4H3,(H,20,25)(H,21,24). The topological polar surface area (TPSA) is 85.2 Å². The maximum Gasteiger partial charge on any atom is 0.273 e. The van der Waals surface area contributed by atoms with Crippen LogP contribution in [0.2, 0.25) is 5.02 Å². The molecule has 26 heavy (non-hydrogen) atoms. The lowest BCUT2D eigenvalue weighted by atomic mass is 10.2. The van der Waals surface area contributed by atoms with Crippen LogP contribution in [0.1, 0.15) is 41.6 Å². The average molecular weight is 379 g/mol. The van der Waals surface area contributed by atoms with Gasteiger partial charge in [-0.2, -0.15) is 5.10 Å². The number of carbonyl (C=O) groups is 2. The van der Waals surface area contributed by atoms with Crippen molar-refractivity contribution in [3.63, 3.8) is 0 Å². The van der Waals surface area contributed by atoms with Gasteiger partial charge in [0.05, 0.1) is 18.4 Å². The van der Waals surface area contributed by atoms with E-state index in [1.165, 1.54) is 13.2 Å². The normalized spacial score (nSPS) is 10.7. The van der Waals surface area contributed by atoms with Crippen molar-refractivity contribution >= 4 is 29.1 Å². The highest BCUT2D eigenvalue weighted by Gasteiger charge is 2.21. The minimum atomic E-state index is -0.432. The second kappa shape index (κ2) is 8.71. The number of nitrogens with zero attached hydrogens (tertiary/aromatic N) is 2. The highest BCUT2D eigenvalue weighted by molar-refractivity contribution is 6.31. The van der Waals surface area contributed by atoms with Crippen LogP contribution in [0, 0.1) is 5.92 Å². The third kappa shape index (κ3) is 4.76.